The van der Waals surface area contributed by atoms with Crippen molar-refractivity contribution in [1.29, 1.82) is 5.26 Å². The van der Waals surface area contributed by atoms with Crippen LogP contribution in [0.4, 0.5) is 5.82 Å². The number of aromatic nitrogens is 3. The fourth-order valence-electron chi connectivity index (χ4n) is 4.46. The molecule has 1 aromatic carbocycles. The average molecular weight is 604 g/mol. The van der Waals surface area contributed by atoms with Crippen LogP contribution >= 0.6 is 7.75 Å². The highest BCUT2D eigenvalue weighted by Crippen LogP contribution is 2.46. The van der Waals surface area contributed by atoms with Crippen LogP contribution in [-0.4, -0.2) is 93.4 Å². The van der Waals surface area contributed by atoms with Gasteiger partial charge in [0.1, 0.15) is 54.6 Å². The summed E-state index contributed by atoms with van der Waals surface area (Å²) in [5, 5.41) is 38.9. The van der Waals surface area contributed by atoms with Gasteiger partial charge in [-0.3, -0.25) is 9.32 Å². The number of methoxy groups -OCH3 is 1. The number of benzene rings is 1. The Hall–Kier alpha value is -3.61. The lowest BCUT2D eigenvalue weighted by Gasteiger charge is -2.34. The molecule has 42 heavy (non-hydrogen) atoms. The van der Waals surface area contributed by atoms with Gasteiger partial charge in [0.25, 0.3) is 0 Å². The number of aliphatic hydroxyl groups is 2. The highest BCUT2D eigenvalue weighted by atomic mass is 31.2. The lowest BCUT2D eigenvalue weighted by atomic mass is 9.93. The first-order valence-electron chi connectivity index (χ1n) is 13.1. The van der Waals surface area contributed by atoms with Gasteiger partial charge < -0.3 is 34.8 Å². The second kappa shape index (κ2) is 13.1. The van der Waals surface area contributed by atoms with E-state index < -0.39 is 44.2 Å². The lowest BCUT2D eigenvalue weighted by Crippen LogP contribution is -2.50. The van der Waals surface area contributed by atoms with Gasteiger partial charge in [0.05, 0.1) is 5.69 Å². The van der Waals surface area contributed by atoms with Crippen molar-refractivity contribution in [2.24, 2.45) is 0 Å². The van der Waals surface area contributed by atoms with E-state index >= 15 is 0 Å². The van der Waals surface area contributed by atoms with Gasteiger partial charge in [0, 0.05) is 20.2 Å². The third-order valence-corrected chi connectivity index (χ3v) is 8.52. The fraction of sp³-hybridized carbons (Fsp3) is 0.462. The highest BCUT2D eigenvalue weighted by molar-refractivity contribution is 7.52. The number of likely N-dealkylation sites (tertiary alicyclic amines) is 1. The highest BCUT2D eigenvalue weighted by Gasteiger charge is 2.47. The van der Waals surface area contributed by atoms with Crippen LogP contribution in [0.1, 0.15) is 25.1 Å². The molecule has 1 aliphatic heterocycles. The Morgan fingerprint density at radius 3 is 2.69 bits per heavy atom. The monoisotopic (exact) mass is 603 g/mol. The Kier molecular flexibility index (Phi) is 9.80. The number of para-hydroxylation sites is 1. The summed E-state index contributed by atoms with van der Waals surface area (Å²) >= 11 is 0. The van der Waals surface area contributed by atoms with Gasteiger partial charge in [0.2, 0.25) is 5.60 Å². The number of nitrogens with zero attached hydrogens (tertiary/aromatic N) is 5. The maximum atomic E-state index is 14.0. The Bertz CT molecular complexity index is 1470. The number of likely N-dealkylation sites (N-methyl/N-ethyl adjacent to an activating group) is 1. The van der Waals surface area contributed by atoms with Crippen LogP contribution in [0.2, 0.25) is 0 Å². The van der Waals surface area contributed by atoms with Crippen LogP contribution in [0.5, 0.6) is 5.75 Å². The number of nitrogens with two attached hydrogens (primary N) is 1. The predicted octanol–water partition coefficient (Wildman–Crippen LogP) is 1.04. The molecule has 5 N–H and O–H groups in total. The van der Waals surface area contributed by atoms with Gasteiger partial charge >= 0.3 is 13.7 Å². The number of anilines is 1. The molecule has 1 fully saturated rings. The van der Waals surface area contributed by atoms with Crippen LogP contribution in [0.15, 0.2) is 48.8 Å². The van der Waals surface area contributed by atoms with E-state index in [4.69, 9.17) is 24.3 Å². The molecule has 2 unspecified atom stereocenters. The lowest BCUT2D eigenvalue weighted by molar-refractivity contribution is -0.150. The molecule has 0 radical (unpaired) electrons. The van der Waals surface area contributed by atoms with E-state index in [1.807, 2.05) is 18.0 Å². The maximum Gasteiger partial charge on any atom is 0.459 e. The van der Waals surface area contributed by atoms with E-state index in [0.29, 0.717) is 18.5 Å². The van der Waals surface area contributed by atoms with E-state index in [2.05, 4.69) is 15.2 Å². The van der Waals surface area contributed by atoms with Gasteiger partial charge in [0.15, 0.2) is 5.82 Å². The summed E-state index contributed by atoms with van der Waals surface area (Å²) in [5.41, 5.74) is 4.05. The van der Waals surface area contributed by atoms with Crippen LogP contribution < -0.4 is 15.3 Å². The van der Waals surface area contributed by atoms with E-state index in [9.17, 15) is 24.8 Å². The molecule has 0 bridgehead atoms. The largest absolute Gasteiger partial charge is 0.460 e. The van der Waals surface area contributed by atoms with Crippen molar-refractivity contribution in [3.05, 3.63) is 54.5 Å². The molecule has 4 rings (SSSR count). The van der Waals surface area contributed by atoms with Crippen molar-refractivity contribution >= 4 is 25.1 Å². The molecule has 1 saturated heterocycles. The van der Waals surface area contributed by atoms with Crippen molar-refractivity contribution in [2.45, 2.75) is 43.3 Å². The van der Waals surface area contributed by atoms with Crippen molar-refractivity contribution in [1.82, 2.24) is 24.6 Å². The Morgan fingerprint density at radius 2 is 2.05 bits per heavy atom. The summed E-state index contributed by atoms with van der Waals surface area (Å²) < 4.78 is 37.4. The topological polar surface area (TPSA) is 207 Å². The number of aliphatic hydroxyl groups excluding tert-OH is 2. The summed E-state index contributed by atoms with van der Waals surface area (Å²) in [7, 11) is -1.40. The molecule has 3 aromatic rings. The Labute approximate surface area is 242 Å². The molecule has 6 atom stereocenters. The number of nitrogens with one attached hydrogen (secondary N) is 1. The Balaban J connectivity index is 1.54. The molecule has 0 spiro atoms. The molecule has 15 nitrogen and oxygen atoms in total. The molecule has 1 aliphatic rings. The van der Waals surface area contributed by atoms with Gasteiger partial charge in [-0.1, -0.05) is 18.2 Å². The van der Waals surface area contributed by atoms with Crippen LogP contribution in [0, 0.1) is 11.3 Å². The van der Waals surface area contributed by atoms with E-state index in [1.54, 1.807) is 18.2 Å². The van der Waals surface area contributed by atoms with Crippen LogP contribution in [-0.2, 0) is 23.4 Å². The predicted molar refractivity (Wildman–Crippen MR) is 149 cm³/mol. The van der Waals surface area contributed by atoms with E-state index in [1.165, 1.54) is 42.0 Å². The minimum atomic E-state index is -4.43. The molecule has 0 aliphatic carbocycles. The zero-order chi connectivity index (χ0) is 30.5. The normalized spacial score (nSPS) is 20.6. The number of nitriles is 1. The second-order valence-corrected chi connectivity index (χ2v) is 11.6. The number of hydrogen-bond donors (Lipinski definition) is 4. The first-order chi connectivity index (χ1) is 20.0. The number of nitrogen functional groups attached to an aromatic ring is 1. The van der Waals surface area contributed by atoms with Crippen LogP contribution in [0.3, 0.4) is 0 Å². The summed E-state index contributed by atoms with van der Waals surface area (Å²) in [6, 6.07) is 11.7. The third kappa shape index (κ3) is 6.88. The average Bonchev–Trinajstić information content (AvgIpc) is 3.60. The zero-order valence-corrected chi connectivity index (χ0v) is 24.3. The molecule has 226 valence electrons. The molecular formula is C26H34N7O8P. The number of rotatable bonds is 13. The first-order valence-corrected chi connectivity index (χ1v) is 14.6. The molecule has 0 amide bonds. The smallest absolute Gasteiger partial charge is 0.459 e. The quantitative estimate of drug-likeness (QED) is 0.159. The van der Waals surface area contributed by atoms with Crippen molar-refractivity contribution in [3.8, 4) is 11.8 Å². The minimum Gasteiger partial charge on any atom is -0.460 e. The maximum absolute atomic E-state index is 14.0. The Morgan fingerprint density at radius 1 is 1.31 bits per heavy atom. The number of esters is 1. The number of hydrogen-bond acceptors (Lipinski definition) is 13. The molecular weight excluding hydrogens is 569 g/mol. The van der Waals surface area contributed by atoms with Gasteiger partial charge in [-0.05, 0) is 44.7 Å². The zero-order valence-electron chi connectivity index (χ0n) is 23.4. The fourth-order valence-corrected chi connectivity index (χ4v) is 5.98. The van der Waals surface area contributed by atoms with E-state index in [-0.39, 0.29) is 23.4 Å². The van der Waals surface area contributed by atoms with Crippen LogP contribution in [0.25, 0.3) is 5.52 Å². The molecule has 0 saturated carbocycles. The second-order valence-electron chi connectivity index (χ2n) is 9.93. The number of ether oxygens (including phenoxy) is 2. The summed E-state index contributed by atoms with van der Waals surface area (Å²) in [6.07, 6.45) is -2.15. The third-order valence-electron chi connectivity index (χ3n) is 6.90. The number of fused-ring (bicyclic) bond motifs is 1. The summed E-state index contributed by atoms with van der Waals surface area (Å²) in [4.78, 5) is 18.7. The standard InChI is InChI=1S/C26H34N7O8P/c1-17(25(36)40-19-11-12-32(2)13-19)31-42(37,41-18-7-5-4-6-8-18)39-15-26(14-27,38-3)23(35)22(34)20-9-10-21-24(28)29-16-30-33(20)21/h4-10,16-17,19,22-23,34-35H,11-13,15H2,1-3H3,(H,31,37)(H2,28,29,30)/t17-,19+,22-,23-,26?,42?/m0/s1. The molecule has 2 aromatic heterocycles. The van der Waals surface area contributed by atoms with Crippen molar-refractivity contribution in [3.63, 3.8) is 0 Å². The van der Waals surface area contributed by atoms with E-state index in [0.717, 1.165) is 13.7 Å². The van der Waals surface area contributed by atoms with Gasteiger partial charge in [-0.25, -0.2) is 14.1 Å². The summed E-state index contributed by atoms with van der Waals surface area (Å²) in [5.74, 6) is -0.396. The number of carbonyl (C=O) groups is 1. The van der Waals surface area contributed by atoms with Gasteiger partial charge in [-0.15, -0.1) is 0 Å². The molecule has 16 heteroatoms. The SMILES string of the molecule is COC(C#N)(COP(=O)(N[C@@H](C)C(=O)O[C@@H]1CCN(C)C1)Oc1ccccc1)[C@@H](O)[C@@H](O)c1ccc2c(N)ncnn12. The number of carbonyl (C=O) groups excluding carboxylic acids is 1. The molecule has 3 heterocycles. The first kappa shape index (κ1) is 31.3. The van der Waals surface area contributed by atoms with Crippen molar-refractivity contribution in [2.75, 3.05) is 39.6 Å². The van der Waals surface area contributed by atoms with Crippen molar-refractivity contribution < 1.29 is 38.1 Å². The minimum absolute atomic E-state index is 0.0824. The van der Waals surface area contributed by atoms with Gasteiger partial charge in [-0.2, -0.15) is 15.4 Å². The summed E-state index contributed by atoms with van der Waals surface area (Å²) in [6.45, 7) is 1.94.